The maximum absolute atomic E-state index is 12.4. The number of nitrogens with zero attached hydrogens (tertiary/aromatic N) is 1. The van der Waals surface area contributed by atoms with Crippen LogP contribution >= 0.6 is 11.6 Å². The highest BCUT2D eigenvalue weighted by Gasteiger charge is 2.30. The monoisotopic (exact) mass is 279 g/mol. The van der Waals surface area contributed by atoms with Crippen molar-refractivity contribution in [3.05, 3.63) is 17.1 Å². The molecule has 0 aliphatic rings. The zero-order valence-electron chi connectivity index (χ0n) is 10.6. The first-order chi connectivity index (χ1) is 7.89. The third-order valence-corrected chi connectivity index (χ3v) is 5.28. The molecule has 4 nitrogen and oxygen atoms in total. The lowest BCUT2D eigenvalue weighted by molar-refractivity contribution is 0.441. The van der Waals surface area contributed by atoms with Crippen LogP contribution < -0.4 is 0 Å². The van der Waals surface area contributed by atoms with E-state index in [9.17, 15) is 8.42 Å². The number of alkyl halides is 1. The van der Waals surface area contributed by atoms with Gasteiger partial charge in [-0.3, -0.25) is 0 Å². The lowest BCUT2D eigenvalue weighted by atomic mass is 10.3. The second-order valence-corrected chi connectivity index (χ2v) is 5.89. The van der Waals surface area contributed by atoms with Gasteiger partial charge in [0.05, 0.1) is 5.88 Å². The van der Waals surface area contributed by atoms with Crippen LogP contribution in [-0.4, -0.2) is 25.8 Å². The topological polar surface area (TPSA) is 50.5 Å². The third-order valence-electron chi connectivity index (χ3n) is 2.76. The molecule has 0 bridgehead atoms. The zero-order valence-corrected chi connectivity index (χ0v) is 12.2. The maximum atomic E-state index is 12.4. The summed E-state index contributed by atoms with van der Waals surface area (Å²) in [7, 11) is -3.50. The number of hydrogen-bond acceptors (Lipinski definition) is 3. The predicted molar refractivity (Wildman–Crippen MR) is 67.8 cm³/mol. The number of halogens is 1. The smallest absolute Gasteiger partial charge is 0.246 e. The number of aryl methyl sites for hydroxylation is 2. The van der Waals surface area contributed by atoms with E-state index in [2.05, 4.69) is 0 Å². The lowest BCUT2D eigenvalue weighted by Gasteiger charge is -2.18. The fourth-order valence-electron chi connectivity index (χ4n) is 1.89. The second kappa shape index (κ2) is 5.42. The Bertz CT molecular complexity index is 489. The van der Waals surface area contributed by atoms with Gasteiger partial charge >= 0.3 is 0 Å². The zero-order chi connectivity index (χ0) is 13.2. The highest BCUT2D eigenvalue weighted by atomic mass is 35.5. The van der Waals surface area contributed by atoms with E-state index in [1.54, 1.807) is 13.8 Å². The average molecular weight is 280 g/mol. The second-order valence-electron chi connectivity index (χ2n) is 3.75. The van der Waals surface area contributed by atoms with Crippen LogP contribution in [0.1, 0.15) is 30.9 Å². The largest absolute Gasteiger partial charge is 0.465 e. The molecule has 0 fully saturated rings. The molecule has 0 saturated carbocycles. The molecule has 0 aliphatic carbocycles. The molecule has 1 aromatic rings. The van der Waals surface area contributed by atoms with Gasteiger partial charge < -0.3 is 4.42 Å². The van der Waals surface area contributed by atoms with Gasteiger partial charge in [0.1, 0.15) is 16.4 Å². The van der Waals surface area contributed by atoms with E-state index >= 15 is 0 Å². The van der Waals surface area contributed by atoms with Crippen molar-refractivity contribution in [2.45, 2.75) is 38.5 Å². The summed E-state index contributed by atoms with van der Waals surface area (Å²) < 4.78 is 31.6. The lowest BCUT2D eigenvalue weighted by Crippen LogP contribution is -2.31. The molecule has 0 aromatic carbocycles. The van der Waals surface area contributed by atoms with Crippen LogP contribution in [0.4, 0.5) is 0 Å². The summed E-state index contributed by atoms with van der Waals surface area (Å²) in [5.41, 5.74) is 0.566. The van der Waals surface area contributed by atoms with Crippen molar-refractivity contribution < 1.29 is 12.8 Å². The SMILES string of the molecule is CCN(CC)S(=O)(=O)c1c(C)oc(C)c1CCl. The van der Waals surface area contributed by atoms with Crippen molar-refractivity contribution in [1.82, 2.24) is 4.31 Å². The standard InChI is InChI=1S/C11H18ClNO3S/c1-5-13(6-2)17(14,15)11-9(4)16-8(3)10(11)7-12/h5-7H2,1-4H3. The van der Waals surface area contributed by atoms with Crippen LogP contribution in [0, 0.1) is 13.8 Å². The number of hydrogen-bond donors (Lipinski definition) is 0. The highest BCUT2D eigenvalue weighted by molar-refractivity contribution is 7.89. The van der Waals surface area contributed by atoms with Gasteiger partial charge in [-0.05, 0) is 13.8 Å². The van der Waals surface area contributed by atoms with Crippen LogP contribution in [-0.2, 0) is 15.9 Å². The Labute approximate surface area is 108 Å². The summed E-state index contributed by atoms with van der Waals surface area (Å²) in [6.07, 6.45) is 0. The van der Waals surface area contributed by atoms with Crippen molar-refractivity contribution in [3.8, 4) is 0 Å². The first kappa shape index (κ1) is 14.5. The van der Waals surface area contributed by atoms with Crippen LogP contribution in [0.5, 0.6) is 0 Å². The van der Waals surface area contributed by atoms with Gasteiger partial charge in [0, 0.05) is 18.7 Å². The Kier molecular flexibility index (Phi) is 4.63. The molecule has 6 heteroatoms. The van der Waals surface area contributed by atoms with Crippen LogP contribution in [0.25, 0.3) is 0 Å². The quantitative estimate of drug-likeness (QED) is 0.779. The van der Waals surface area contributed by atoms with Crippen molar-refractivity contribution in [1.29, 1.82) is 0 Å². The van der Waals surface area contributed by atoms with Gasteiger partial charge in [-0.25, -0.2) is 8.42 Å². The van der Waals surface area contributed by atoms with Gasteiger partial charge in [-0.15, -0.1) is 11.6 Å². The molecule has 0 unspecified atom stereocenters. The Hall–Kier alpha value is -0.520. The van der Waals surface area contributed by atoms with Crippen molar-refractivity contribution >= 4 is 21.6 Å². The summed E-state index contributed by atoms with van der Waals surface area (Å²) in [4.78, 5) is 0.230. The molecule has 0 atom stereocenters. The minimum absolute atomic E-state index is 0.138. The van der Waals surface area contributed by atoms with E-state index in [4.69, 9.17) is 16.0 Å². The first-order valence-corrected chi connectivity index (χ1v) is 7.52. The van der Waals surface area contributed by atoms with Crippen LogP contribution in [0.2, 0.25) is 0 Å². The molecule has 0 saturated heterocycles. The number of rotatable bonds is 5. The normalized spacial score (nSPS) is 12.4. The minimum atomic E-state index is -3.50. The molecule has 0 aliphatic heterocycles. The van der Waals surface area contributed by atoms with Gasteiger partial charge in [0.25, 0.3) is 0 Å². The summed E-state index contributed by atoms with van der Waals surface area (Å²) in [6.45, 7) is 7.87. The van der Waals surface area contributed by atoms with Gasteiger partial charge in [-0.2, -0.15) is 4.31 Å². The average Bonchev–Trinajstić information content (AvgIpc) is 2.54. The molecule has 0 amide bonds. The molecule has 17 heavy (non-hydrogen) atoms. The predicted octanol–water partition coefficient (Wildman–Crippen LogP) is 2.67. The van der Waals surface area contributed by atoms with Crippen molar-refractivity contribution in [2.24, 2.45) is 0 Å². The molecule has 0 N–H and O–H groups in total. The van der Waals surface area contributed by atoms with Crippen molar-refractivity contribution in [2.75, 3.05) is 13.1 Å². The molecular formula is C11H18ClNO3S. The summed E-state index contributed by atoms with van der Waals surface area (Å²) >= 11 is 5.80. The molecule has 0 radical (unpaired) electrons. The number of sulfonamides is 1. The first-order valence-electron chi connectivity index (χ1n) is 5.55. The van der Waals surface area contributed by atoms with Crippen LogP contribution in [0.15, 0.2) is 9.31 Å². The summed E-state index contributed by atoms with van der Waals surface area (Å²) in [5.74, 6) is 1.12. The Morgan fingerprint density at radius 3 is 2.12 bits per heavy atom. The number of furan rings is 1. The molecule has 0 spiro atoms. The minimum Gasteiger partial charge on any atom is -0.465 e. The van der Waals surface area contributed by atoms with Crippen LogP contribution in [0.3, 0.4) is 0 Å². The van der Waals surface area contributed by atoms with E-state index in [1.807, 2.05) is 13.8 Å². The molecule has 1 heterocycles. The Morgan fingerprint density at radius 1 is 1.18 bits per heavy atom. The maximum Gasteiger partial charge on any atom is 0.246 e. The van der Waals surface area contributed by atoms with E-state index in [-0.39, 0.29) is 10.8 Å². The Balaban J connectivity index is 3.42. The van der Waals surface area contributed by atoms with E-state index in [1.165, 1.54) is 4.31 Å². The molecule has 1 aromatic heterocycles. The molecular weight excluding hydrogens is 262 g/mol. The van der Waals surface area contributed by atoms with E-state index < -0.39 is 10.0 Å². The van der Waals surface area contributed by atoms with Crippen molar-refractivity contribution in [3.63, 3.8) is 0 Å². The molecule has 98 valence electrons. The van der Waals surface area contributed by atoms with E-state index in [0.717, 1.165) is 0 Å². The molecule has 1 rings (SSSR count). The van der Waals surface area contributed by atoms with Gasteiger partial charge in [0.15, 0.2) is 0 Å². The third kappa shape index (κ3) is 2.51. The summed E-state index contributed by atoms with van der Waals surface area (Å²) in [5, 5.41) is 0. The van der Waals surface area contributed by atoms with E-state index in [0.29, 0.717) is 30.2 Å². The Morgan fingerprint density at radius 2 is 1.71 bits per heavy atom. The highest BCUT2D eigenvalue weighted by Crippen LogP contribution is 2.30. The fourth-order valence-corrected chi connectivity index (χ4v) is 4.17. The van der Waals surface area contributed by atoms with Gasteiger partial charge in [0.2, 0.25) is 10.0 Å². The fraction of sp³-hybridized carbons (Fsp3) is 0.636. The summed E-state index contributed by atoms with van der Waals surface area (Å²) in [6, 6.07) is 0. The van der Waals surface area contributed by atoms with Gasteiger partial charge in [-0.1, -0.05) is 13.8 Å².